The molecule has 6 heteroatoms. The van der Waals surface area contributed by atoms with Gasteiger partial charge in [0.2, 0.25) is 0 Å². The van der Waals surface area contributed by atoms with E-state index in [1.54, 1.807) is 6.07 Å². The Morgan fingerprint density at radius 1 is 1.45 bits per heavy atom. The standard InChI is InChI=1S/C14H20N4O2/c1-4-17(5-2)10-11(3)16-14-7-6-13(18(19)20)8-12(14)9-15/h6-8,11,16H,4-5,10H2,1-3H3/t11-/m0/s1. The van der Waals surface area contributed by atoms with Gasteiger partial charge in [-0.25, -0.2) is 0 Å². The van der Waals surface area contributed by atoms with Crippen molar-refractivity contribution in [1.29, 1.82) is 5.26 Å². The lowest BCUT2D eigenvalue weighted by Crippen LogP contribution is -2.34. The summed E-state index contributed by atoms with van der Waals surface area (Å²) < 4.78 is 0. The smallest absolute Gasteiger partial charge is 0.270 e. The molecule has 0 unspecified atom stereocenters. The predicted molar refractivity (Wildman–Crippen MR) is 78.7 cm³/mol. The minimum Gasteiger partial charge on any atom is -0.380 e. The number of nitrogens with zero attached hydrogens (tertiary/aromatic N) is 3. The average Bonchev–Trinajstić information content (AvgIpc) is 2.44. The van der Waals surface area contributed by atoms with Gasteiger partial charge in [-0.1, -0.05) is 13.8 Å². The first kappa shape index (κ1) is 15.9. The number of benzene rings is 1. The molecule has 108 valence electrons. The van der Waals surface area contributed by atoms with Gasteiger partial charge in [0.15, 0.2) is 0 Å². The van der Waals surface area contributed by atoms with Crippen molar-refractivity contribution in [2.24, 2.45) is 0 Å². The van der Waals surface area contributed by atoms with Crippen molar-refractivity contribution >= 4 is 11.4 Å². The monoisotopic (exact) mass is 276 g/mol. The summed E-state index contributed by atoms with van der Waals surface area (Å²) in [5, 5.41) is 23.0. The molecule has 1 N–H and O–H groups in total. The van der Waals surface area contributed by atoms with E-state index in [1.807, 2.05) is 13.0 Å². The largest absolute Gasteiger partial charge is 0.380 e. The fourth-order valence-electron chi connectivity index (χ4n) is 2.04. The van der Waals surface area contributed by atoms with E-state index in [0.29, 0.717) is 11.3 Å². The van der Waals surface area contributed by atoms with Gasteiger partial charge in [-0.05, 0) is 26.1 Å². The zero-order valence-electron chi connectivity index (χ0n) is 12.1. The molecule has 6 nitrogen and oxygen atoms in total. The normalized spacial score (nSPS) is 11.9. The summed E-state index contributed by atoms with van der Waals surface area (Å²) in [7, 11) is 0. The van der Waals surface area contributed by atoms with Crippen LogP contribution in [0.1, 0.15) is 26.3 Å². The molecule has 1 aromatic carbocycles. The van der Waals surface area contributed by atoms with Crippen molar-refractivity contribution in [3.63, 3.8) is 0 Å². The summed E-state index contributed by atoms with van der Waals surface area (Å²) in [6, 6.07) is 6.45. The van der Waals surface area contributed by atoms with E-state index in [4.69, 9.17) is 5.26 Å². The van der Waals surface area contributed by atoms with Gasteiger partial charge in [0.05, 0.1) is 16.2 Å². The number of nitriles is 1. The molecule has 0 saturated heterocycles. The molecule has 0 radical (unpaired) electrons. The molecule has 0 aromatic heterocycles. The third-order valence-electron chi connectivity index (χ3n) is 3.16. The fraction of sp³-hybridized carbons (Fsp3) is 0.500. The number of nitro groups is 1. The summed E-state index contributed by atoms with van der Waals surface area (Å²) in [6.45, 7) is 9.02. The second-order valence-electron chi connectivity index (χ2n) is 4.63. The maximum Gasteiger partial charge on any atom is 0.270 e. The zero-order chi connectivity index (χ0) is 15.1. The molecule has 0 spiro atoms. The Balaban J connectivity index is 2.82. The van der Waals surface area contributed by atoms with Crippen molar-refractivity contribution in [3.05, 3.63) is 33.9 Å². The van der Waals surface area contributed by atoms with Gasteiger partial charge in [0.1, 0.15) is 6.07 Å². The van der Waals surface area contributed by atoms with Crippen molar-refractivity contribution in [2.75, 3.05) is 25.0 Å². The quantitative estimate of drug-likeness (QED) is 0.611. The number of non-ortho nitro benzene ring substituents is 1. The lowest BCUT2D eigenvalue weighted by molar-refractivity contribution is -0.384. The number of nitrogens with one attached hydrogen (secondary N) is 1. The maximum absolute atomic E-state index is 10.7. The van der Waals surface area contributed by atoms with Gasteiger partial charge >= 0.3 is 0 Å². The van der Waals surface area contributed by atoms with Crippen molar-refractivity contribution in [2.45, 2.75) is 26.8 Å². The Morgan fingerprint density at radius 2 is 2.10 bits per heavy atom. The van der Waals surface area contributed by atoms with E-state index in [1.165, 1.54) is 12.1 Å². The molecular formula is C14H20N4O2. The maximum atomic E-state index is 10.7. The van der Waals surface area contributed by atoms with E-state index in [0.717, 1.165) is 19.6 Å². The highest BCUT2D eigenvalue weighted by Crippen LogP contribution is 2.22. The van der Waals surface area contributed by atoms with Crippen LogP contribution in [0.2, 0.25) is 0 Å². The third-order valence-corrected chi connectivity index (χ3v) is 3.16. The molecule has 1 rings (SSSR count). The van der Waals surface area contributed by atoms with Gasteiger partial charge in [-0.3, -0.25) is 10.1 Å². The highest BCUT2D eigenvalue weighted by atomic mass is 16.6. The minimum atomic E-state index is -0.496. The van der Waals surface area contributed by atoms with Crippen LogP contribution in [-0.2, 0) is 0 Å². The molecule has 0 fully saturated rings. The topological polar surface area (TPSA) is 82.2 Å². The first-order valence-electron chi connectivity index (χ1n) is 6.69. The van der Waals surface area contributed by atoms with E-state index in [-0.39, 0.29) is 11.7 Å². The van der Waals surface area contributed by atoms with Crippen molar-refractivity contribution in [1.82, 2.24) is 4.90 Å². The summed E-state index contributed by atoms with van der Waals surface area (Å²) in [4.78, 5) is 12.5. The Bertz CT molecular complexity index is 506. The number of anilines is 1. The Labute approximate surface area is 119 Å². The van der Waals surface area contributed by atoms with Crippen LogP contribution in [0, 0.1) is 21.4 Å². The van der Waals surface area contributed by atoms with Gasteiger partial charge < -0.3 is 10.2 Å². The Morgan fingerprint density at radius 3 is 2.60 bits per heavy atom. The molecule has 0 aliphatic heterocycles. The van der Waals surface area contributed by atoms with Crippen molar-refractivity contribution in [3.8, 4) is 6.07 Å². The first-order valence-corrected chi connectivity index (χ1v) is 6.69. The first-order chi connectivity index (χ1) is 9.51. The Kier molecular flexibility index (Phi) is 5.94. The lowest BCUT2D eigenvalue weighted by Gasteiger charge is -2.24. The van der Waals surface area contributed by atoms with Gasteiger partial charge in [-0.15, -0.1) is 0 Å². The molecule has 1 atom stereocenters. The number of likely N-dealkylation sites (N-methyl/N-ethyl adjacent to an activating group) is 1. The zero-order valence-corrected chi connectivity index (χ0v) is 12.1. The van der Waals surface area contributed by atoms with Crippen LogP contribution in [0.15, 0.2) is 18.2 Å². The second kappa shape index (κ2) is 7.46. The van der Waals surface area contributed by atoms with Gasteiger partial charge in [-0.2, -0.15) is 5.26 Å². The molecule has 0 heterocycles. The lowest BCUT2D eigenvalue weighted by atomic mass is 10.1. The number of hydrogen-bond donors (Lipinski definition) is 1. The summed E-state index contributed by atoms with van der Waals surface area (Å²) in [5.74, 6) is 0. The molecule has 20 heavy (non-hydrogen) atoms. The van der Waals surface area contributed by atoms with E-state index in [9.17, 15) is 10.1 Å². The fourth-order valence-corrected chi connectivity index (χ4v) is 2.04. The highest BCUT2D eigenvalue weighted by molar-refractivity contribution is 5.61. The predicted octanol–water partition coefficient (Wildman–Crippen LogP) is 2.61. The number of rotatable bonds is 7. The van der Waals surface area contributed by atoms with Crippen LogP contribution in [0.5, 0.6) is 0 Å². The van der Waals surface area contributed by atoms with E-state index < -0.39 is 4.92 Å². The van der Waals surface area contributed by atoms with E-state index in [2.05, 4.69) is 24.1 Å². The van der Waals surface area contributed by atoms with Crippen LogP contribution >= 0.6 is 0 Å². The van der Waals surface area contributed by atoms with Crippen LogP contribution in [0.25, 0.3) is 0 Å². The molecule has 1 aromatic rings. The van der Waals surface area contributed by atoms with E-state index >= 15 is 0 Å². The summed E-state index contributed by atoms with van der Waals surface area (Å²) >= 11 is 0. The van der Waals surface area contributed by atoms with Crippen LogP contribution in [0.3, 0.4) is 0 Å². The van der Waals surface area contributed by atoms with Gasteiger partial charge in [0, 0.05) is 24.7 Å². The molecule has 0 saturated carbocycles. The Hall–Kier alpha value is -2.13. The molecule has 0 aliphatic carbocycles. The SMILES string of the molecule is CCN(CC)C[C@H](C)Nc1ccc([N+](=O)[O-])cc1C#N. The minimum absolute atomic E-state index is 0.0662. The number of hydrogen-bond acceptors (Lipinski definition) is 5. The molecule has 0 amide bonds. The van der Waals surface area contributed by atoms with Crippen LogP contribution in [-0.4, -0.2) is 35.5 Å². The van der Waals surface area contributed by atoms with Crippen LogP contribution in [0.4, 0.5) is 11.4 Å². The molecular weight excluding hydrogens is 256 g/mol. The summed E-state index contributed by atoms with van der Waals surface area (Å²) in [5.41, 5.74) is 0.867. The highest BCUT2D eigenvalue weighted by Gasteiger charge is 2.13. The van der Waals surface area contributed by atoms with Crippen LogP contribution < -0.4 is 5.32 Å². The molecule has 0 aliphatic rings. The second-order valence-corrected chi connectivity index (χ2v) is 4.63. The number of nitro benzene ring substituents is 1. The van der Waals surface area contributed by atoms with Gasteiger partial charge in [0.25, 0.3) is 5.69 Å². The van der Waals surface area contributed by atoms with Crippen molar-refractivity contribution < 1.29 is 4.92 Å². The summed E-state index contributed by atoms with van der Waals surface area (Å²) in [6.07, 6.45) is 0. The molecule has 0 bridgehead atoms. The third kappa shape index (κ3) is 4.21. The average molecular weight is 276 g/mol.